The smallest absolute Gasteiger partial charge is 0.232 e. The summed E-state index contributed by atoms with van der Waals surface area (Å²) in [4.78, 5) is 19.0. The fourth-order valence-electron chi connectivity index (χ4n) is 3.59. The Labute approximate surface area is 180 Å². The number of rotatable bonds is 7. The second-order valence-electron chi connectivity index (χ2n) is 7.59. The minimum absolute atomic E-state index is 0.0357. The first-order chi connectivity index (χ1) is 15.0. The summed E-state index contributed by atoms with van der Waals surface area (Å²) in [5.41, 5.74) is 1.48. The predicted octanol–water partition coefficient (Wildman–Crippen LogP) is 4.06. The predicted molar refractivity (Wildman–Crippen MR) is 115 cm³/mol. The monoisotopic (exact) mass is 423 g/mol. The maximum absolute atomic E-state index is 12.8. The minimum Gasteiger partial charge on any atom is -0.497 e. The van der Waals surface area contributed by atoms with Gasteiger partial charge in [0, 0.05) is 24.6 Å². The van der Waals surface area contributed by atoms with E-state index in [2.05, 4.69) is 10.1 Å². The molecule has 1 atom stereocenters. The molecule has 1 saturated heterocycles. The molecule has 0 radical (unpaired) electrons. The molecule has 31 heavy (non-hydrogen) atoms. The van der Waals surface area contributed by atoms with Crippen LogP contribution < -0.4 is 19.1 Å². The lowest BCUT2D eigenvalue weighted by molar-refractivity contribution is -0.117. The van der Waals surface area contributed by atoms with Gasteiger partial charge in [-0.2, -0.15) is 4.98 Å². The summed E-state index contributed by atoms with van der Waals surface area (Å²) in [7, 11) is 3.16. The summed E-state index contributed by atoms with van der Waals surface area (Å²) < 4.78 is 21.9. The number of ether oxygens (including phenoxy) is 3. The van der Waals surface area contributed by atoms with Crippen LogP contribution in [-0.2, 0) is 4.79 Å². The van der Waals surface area contributed by atoms with Gasteiger partial charge in [0.1, 0.15) is 17.2 Å². The third kappa shape index (κ3) is 4.33. The van der Waals surface area contributed by atoms with Crippen LogP contribution in [0.3, 0.4) is 0 Å². The maximum atomic E-state index is 12.8. The van der Waals surface area contributed by atoms with Gasteiger partial charge in [0.05, 0.1) is 31.9 Å². The van der Waals surface area contributed by atoms with Gasteiger partial charge < -0.3 is 23.6 Å². The van der Waals surface area contributed by atoms with Crippen molar-refractivity contribution in [3.8, 4) is 28.6 Å². The van der Waals surface area contributed by atoms with Crippen molar-refractivity contribution in [1.82, 2.24) is 10.1 Å². The van der Waals surface area contributed by atoms with Gasteiger partial charge >= 0.3 is 0 Å². The van der Waals surface area contributed by atoms with Crippen LogP contribution in [0, 0.1) is 0 Å². The van der Waals surface area contributed by atoms with E-state index in [1.807, 2.05) is 38.1 Å². The number of hydrogen-bond donors (Lipinski definition) is 0. The van der Waals surface area contributed by atoms with Gasteiger partial charge in [-0.3, -0.25) is 4.79 Å². The van der Waals surface area contributed by atoms with Crippen LogP contribution in [0.1, 0.15) is 32.1 Å². The highest BCUT2D eigenvalue weighted by molar-refractivity contribution is 5.98. The molecule has 0 spiro atoms. The van der Waals surface area contributed by atoms with Gasteiger partial charge in [-0.05, 0) is 50.2 Å². The SMILES string of the molecule is COc1ccc(OC)c(N2CC(c3nc(-c4ccc(OC(C)C)cc4)no3)CC2=O)c1. The number of carbonyl (C=O) groups excluding carboxylic acids is 1. The molecule has 1 aliphatic rings. The second kappa shape index (κ2) is 8.67. The van der Waals surface area contributed by atoms with Gasteiger partial charge in [-0.15, -0.1) is 0 Å². The van der Waals surface area contributed by atoms with Crippen molar-refractivity contribution in [2.75, 3.05) is 25.7 Å². The summed E-state index contributed by atoms with van der Waals surface area (Å²) in [6, 6.07) is 12.9. The van der Waals surface area contributed by atoms with Crippen LogP contribution in [0.15, 0.2) is 47.0 Å². The first-order valence-electron chi connectivity index (χ1n) is 10.1. The van der Waals surface area contributed by atoms with Crippen LogP contribution in [0.4, 0.5) is 5.69 Å². The molecule has 1 fully saturated rings. The summed E-state index contributed by atoms with van der Waals surface area (Å²) in [6.45, 7) is 4.38. The van der Waals surface area contributed by atoms with Crippen molar-refractivity contribution < 1.29 is 23.5 Å². The Hall–Kier alpha value is -3.55. The molecular weight excluding hydrogens is 398 g/mol. The number of carbonyl (C=O) groups is 1. The molecule has 0 bridgehead atoms. The molecule has 4 rings (SSSR count). The first-order valence-corrected chi connectivity index (χ1v) is 10.1. The van der Waals surface area contributed by atoms with E-state index in [9.17, 15) is 4.79 Å². The maximum Gasteiger partial charge on any atom is 0.232 e. The quantitative estimate of drug-likeness (QED) is 0.566. The number of aromatic nitrogens is 2. The Morgan fingerprint density at radius 3 is 2.48 bits per heavy atom. The molecule has 162 valence electrons. The third-order valence-electron chi connectivity index (χ3n) is 5.08. The van der Waals surface area contributed by atoms with Crippen molar-refractivity contribution in [1.29, 1.82) is 0 Å². The molecule has 8 nitrogen and oxygen atoms in total. The summed E-state index contributed by atoms with van der Waals surface area (Å²) >= 11 is 0. The van der Waals surface area contributed by atoms with Crippen molar-refractivity contribution in [3.63, 3.8) is 0 Å². The molecule has 2 heterocycles. The highest BCUT2D eigenvalue weighted by Crippen LogP contribution is 2.38. The van der Waals surface area contributed by atoms with Gasteiger partial charge in [0.2, 0.25) is 17.6 Å². The van der Waals surface area contributed by atoms with Gasteiger partial charge in [0.15, 0.2) is 0 Å². The first kappa shape index (κ1) is 20.7. The Morgan fingerprint density at radius 1 is 1.06 bits per heavy atom. The number of amides is 1. The molecule has 0 saturated carbocycles. The van der Waals surface area contributed by atoms with Crippen LogP contribution in [0.25, 0.3) is 11.4 Å². The topological polar surface area (TPSA) is 86.9 Å². The van der Waals surface area contributed by atoms with E-state index in [1.54, 1.807) is 37.3 Å². The normalized spacial score (nSPS) is 16.1. The molecule has 0 aliphatic carbocycles. The van der Waals surface area contributed by atoms with E-state index in [0.717, 1.165) is 11.3 Å². The standard InChI is InChI=1S/C23H25N3O5/c1-14(2)30-17-7-5-15(6-8-17)22-24-23(31-25-22)16-11-21(27)26(13-16)19-12-18(28-3)9-10-20(19)29-4/h5-10,12,14,16H,11,13H2,1-4H3. The Kier molecular flexibility index (Phi) is 5.79. The van der Waals surface area contributed by atoms with E-state index in [-0.39, 0.29) is 24.3 Å². The lowest BCUT2D eigenvalue weighted by atomic mass is 10.1. The zero-order chi connectivity index (χ0) is 22.0. The largest absolute Gasteiger partial charge is 0.497 e. The van der Waals surface area contributed by atoms with Crippen LogP contribution in [0.5, 0.6) is 17.2 Å². The average Bonchev–Trinajstić information content (AvgIpc) is 3.40. The van der Waals surface area contributed by atoms with Crippen molar-refractivity contribution >= 4 is 11.6 Å². The van der Waals surface area contributed by atoms with E-state index >= 15 is 0 Å². The molecular formula is C23H25N3O5. The average molecular weight is 423 g/mol. The number of hydrogen-bond acceptors (Lipinski definition) is 7. The van der Waals surface area contributed by atoms with E-state index in [1.165, 1.54) is 0 Å². The highest BCUT2D eigenvalue weighted by atomic mass is 16.5. The van der Waals surface area contributed by atoms with Crippen LogP contribution >= 0.6 is 0 Å². The fraction of sp³-hybridized carbons (Fsp3) is 0.348. The molecule has 2 aromatic carbocycles. The molecule has 1 aliphatic heterocycles. The van der Waals surface area contributed by atoms with Gasteiger partial charge in [-0.25, -0.2) is 0 Å². The summed E-state index contributed by atoms with van der Waals surface area (Å²) in [5.74, 6) is 2.72. The van der Waals surface area contributed by atoms with Gasteiger partial charge in [-0.1, -0.05) is 5.16 Å². The molecule has 1 aromatic heterocycles. The molecule has 0 N–H and O–H groups in total. The third-order valence-corrected chi connectivity index (χ3v) is 5.08. The lowest BCUT2D eigenvalue weighted by Gasteiger charge is -2.20. The fourth-order valence-corrected chi connectivity index (χ4v) is 3.59. The van der Waals surface area contributed by atoms with Crippen LogP contribution in [-0.4, -0.2) is 42.9 Å². The highest BCUT2D eigenvalue weighted by Gasteiger charge is 2.36. The van der Waals surface area contributed by atoms with Crippen molar-refractivity contribution in [3.05, 3.63) is 48.4 Å². The zero-order valence-corrected chi connectivity index (χ0v) is 18.0. The summed E-state index contributed by atoms with van der Waals surface area (Å²) in [5, 5.41) is 4.10. The minimum atomic E-state index is -0.201. The lowest BCUT2D eigenvalue weighted by Crippen LogP contribution is -2.24. The van der Waals surface area contributed by atoms with Crippen molar-refractivity contribution in [2.45, 2.75) is 32.3 Å². The molecule has 1 unspecified atom stereocenters. The number of methoxy groups -OCH3 is 2. The summed E-state index contributed by atoms with van der Waals surface area (Å²) in [6.07, 6.45) is 0.386. The molecule has 1 amide bonds. The Balaban J connectivity index is 1.52. The van der Waals surface area contributed by atoms with Crippen LogP contribution in [0.2, 0.25) is 0 Å². The second-order valence-corrected chi connectivity index (χ2v) is 7.59. The van der Waals surface area contributed by atoms with E-state index < -0.39 is 0 Å². The van der Waals surface area contributed by atoms with E-state index in [0.29, 0.717) is 35.4 Å². The number of anilines is 1. The zero-order valence-electron chi connectivity index (χ0n) is 18.0. The van der Waals surface area contributed by atoms with E-state index in [4.69, 9.17) is 18.7 Å². The molecule has 3 aromatic rings. The van der Waals surface area contributed by atoms with Crippen molar-refractivity contribution in [2.24, 2.45) is 0 Å². The number of nitrogens with zero attached hydrogens (tertiary/aromatic N) is 3. The molecule has 8 heteroatoms. The Morgan fingerprint density at radius 2 is 1.81 bits per heavy atom. The number of benzene rings is 2. The van der Waals surface area contributed by atoms with Gasteiger partial charge in [0.25, 0.3) is 0 Å². The Bertz CT molecular complexity index is 1060.